The third kappa shape index (κ3) is 4.07. The fraction of sp³-hybridized carbons (Fsp3) is 0.684. The molecule has 1 aromatic heterocycles. The van der Waals surface area contributed by atoms with Gasteiger partial charge in [-0.05, 0) is 64.1 Å². The van der Waals surface area contributed by atoms with E-state index in [-0.39, 0.29) is 5.91 Å². The number of carbonyl (C=O) groups is 1. The number of nitrogens with one attached hydrogen (secondary N) is 1. The van der Waals surface area contributed by atoms with Crippen molar-refractivity contribution in [2.45, 2.75) is 51.0 Å². The van der Waals surface area contributed by atoms with Gasteiger partial charge in [0.25, 0.3) is 0 Å². The molecule has 1 amide bonds. The highest BCUT2D eigenvalue weighted by Gasteiger charge is 2.32. The minimum Gasteiger partial charge on any atom is -0.355 e. The lowest BCUT2D eigenvalue weighted by atomic mass is 9.87. The Bertz CT molecular complexity index is 592. The predicted octanol–water partition coefficient (Wildman–Crippen LogP) is 2.81. The summed E-state index contributed by atoms with van der Waals surface area (Å²) in [7, 11) is 4.18. The van der Waals surface area contributed by atoms with Crippen molar-refractivity contribution in [3.8, 4) is 0 Å². The van der Waals surface area contributed by atoms with Crippen LogP contribution in [0, 0.1) is 5.92 Å². The van der Waals surface area contributed by atoms with Crippen LogP contribution in [0.15, 0.2) is 23.9 Å². The van der Waals surface area contributed by atoms with Crippen molar-refractivity contribution in [2.24, 2.45) is 13.0 Å². The molecule has 1 fully saturated rings. The Balaban J connectivity index is 1.59. The number of hydrogen-bond acceptors (Lipinski definition) is 3. The number of carbonyl (C=O) groups excluding carboxylic acids is 1. The molecule has 0 saturated carbocycles. The molecule has 2 aliphatic rings. The number of amides is 1. The van der Waals surface area contributed by atoms with E-state index in [0.29, 0.717) is 18.4 Å². The van der Waals surface area contributed by atoms with E-state index in [1.165, 1.54) is 30.5 Å². The van der Waals surface area contributed by atoms with Gasteiger partial charge < -0.3 is 5.32 Å². The zero-order valence-corrected chi connectivity index (χ0v) is 15.0. The predicted molar refractivity (Wildman–Crippen MR) is 95.5 cm³/mol. The van der Waals surface area contributed by atoms with Crippen LogP contribution in [0.2, 0.25) is 0 Å². The van der Waals surface area contributed by atoms with Crippen molar-refractivity contribution >= 4 is 5.91 Å². The first-order chi connectivity index (χ1) is 11.6. The van der Waals surface area contributed by atoms with Gasteiger partial charge in [0.05, 0.1) is 11.7 Å². The summed E-state index contributed by atoms with van der Waals surface area (Å²) in [5, 5.41) is 7.52. The summed E-state index contributed by atoms with van der Waals surface area (Å²) in [6, 6.07) is 2.44. The number of rotatable bonds is 5. The second-order valence-corrected chi connectivity index (χ2v) is 7.30. The van der Waals surface area contributed by atoms with E-state index in [1.54, 1.807) is 0 Å². The highest BCUT2D eigenvalue weighted by Crippen LogP contribution is 2.34. The van der Waals surface area contributed by atoms with Crippen LogP contribution in [0.5, 0.6) is 0 Å². The molecule has 0 bridgehead atoms. The molecule has 1 aliphatic carbocycles. The lowest BCUT2D eigenvalue weighted by molar-refractivity contribution is -0.120. The molecule has 24 heavy (non-hydrogen) atoms. The van der Waals surface area contributed by atoms with Crippen LogP contribution in [0.1, 0.15) is 56.7 Å². The third-order valence-electron chi connectivity index (χ3n) is 5.50. The Morgan fingerprint density at radius 1 is 1.33 bits per heavy atom. The van der Waals surface area contributed by atoms with Crippen LogP contribution in [0.25, 0.3) is 0 Å². The van der Waals surface area contributed by atoms with Gasteiger partial charge in [-0.3, -0.25) is 14.4 Å². The lowest BCUT2D eigenvalue weighted by Crippen LogP contribution is -2.42. The summed E-state index contributed by atoms with van der Waals surface area (Å²) in [5.41, 5.74) is 2.56. The number of likely N-dealkylation sites (tertiary alicyclic amines) is 1. The molecule has 0 unspecified atom stereocenters. The van der Waals surface area contributed by atoms with E-state index >= 15 is 0 Å². The molecular formula is C19H30N4O. The van der Waals surface area contributed by atoms with E-state index in [1.807, 2.05) is 17.9 Å². The lowest BCUT2D eigenvalue weighted by Gasteiger charge is -2.39. The number of nitrogens with zero attached hydrogens (tertiary/aromatic N) is 3. The minimum absolute atomic E-state index is 0.181. The van der Waals surface area contributed by atoms with E-state index in [4.69, 9.17) is 0 Å². The van der Waals surface area contributed by atoms with Crippen molar-refractivity contribution in [3.63, 3.8) is 0 Å². The Morgan fingerprint density at radius 2 is 2.21 bits per heavy atom. The van der Waals surface area contributed by atoms with Gasteiger partial charge in [-0.1, -0.05) is 11.6 Å². The van der Waals surface area contributed by atoms with Gasteiger partial charge >= 0.3 is 0 Å². The van der Waals surface area contributed by atoms with Gasteiger partial charge in [0.15, 0.2) is 0 Å². The zero-order valence-electron chi connectivity index (χ0n) is 15.0. The average molecular weight is 330 g/mol. The molecule has 2 atom stereocenters. The summed E-state index contributed by atoms with van der Waals surface area (Å²) in [4.78, 5) is 14.7. The standard InChI is InChI=1S/C19H30N4O/c1-22-12-6-9-16(19(22)17-10-11-21-23(17)2)14-20-18(24)13-15-7-4-3-5-8-15/h7,10-11,16,19H,3-6,8-9,12-14H2,1-2H3,(H,20,24)/t16-,19+/m0/s1. The van der Waals surface area contributed by atoms with E-state index in [9.17, 15) is 4.79 Å². The smallest absolute Gasteiger partial charge is 0.224 e. The maximum atomic E-state index is 12.3. The van der Waals surface area contributed by atoms with Gasteiger partial charge in [0.2, 0.25) is 5.91 Å². The second-order valence-electron chi connectivity index (χ2n) is 7.30. The number of hydrogen-bond donors (Lipinski definition) is 1. The average Bonchev–Trinajstić information content (AvgIpc) is 2.99. The Hall–Kier alpha value is -1.62. The minimum atomic E-state index is 0.181. The fourth-order valence-electron chi connectivity index (χ4n) is 4.19. The molecule has 1 saturated heterocycles. The summed E-state index contributed by atoms with van der Waals surface area (Å²) in [5.74, 6) is 0.628. The van der Waals surface area contributed by atoms with Gasteiger partial charge in [-0.25, -0.2) is 0 Å². The summed E-state index contributed by atoms with van der Waals surface area (Å²) in [6.45, 7) is 1.86. The topological polar surface area (TPSA) is 50.2 Å². The first-order valence-electron chi connectivity index (χ1n) is 9.28. The largest absolute Gasteiger partial charge is 0.355 e. The highest BCUT2D eigenvalue weighted by atomic mass is 16.1. The molecule has 1 N–H and O–H groups in total. The second kappa shape index (κ2) is 7.97. The number of aromatic nitrogens is 2. The van der Waals surface area contributed by atoms with Crippen molar-refractivity contribution in [1.29, 1.82) is 0 Å². The van der Waals surface area contributed by atoms with Crippen molar-refractivity contribution in [1.82, 2.24) is 20.0 Å². The molecule has 0 aromatic carbocycles. The Kier molecular flexibility index (Phi) is 5.72. The number of aryl methyl sites for hydroxylation is 1. The molecule has 0 radical (unpaired) electrons. The molecular weight excluding hydrogens is 300 g/mol. The van der Waals surface area contributed by atoms with Gasteiger partial charge in [0.1, 0.15) is 0 Å². The normalized spacial score (nSPS) is 25.3. The first kappa shape index (κ1) is 17.2. The van der Waals surface area contributed by atoms with Crippen molar-refractivity contribution in [2.75, 3.05) is 20.1 Å². The fourth-order valence-corrected chi connectivity index (χ4v) is 4.19. The SMILES string of the molecule is CN1CCC[C@@H](CNC(=O)CC2=CCCCC2)[C@@H]1c1ccnn1C. The number of allylic oxidation sites excluding steroid dienone is 1. The van der Waals surface area contributed by atoms with E-state index < -0.39 is 0 Å². The summed E-state index contributed by atoms with van der Waals surface area (Å²) >= 11 is 0. The third-order valence-corrected chi connectivity index (χ3v) is 5.50. The van der Waals surface area contributed by atoms with Crippen molar-refractivity contribution in [3.05, 3.63) is 29.6 Å². The van der Waals surface area contributed by atoms with E-state index in [2.05, 4.69) is 34.5 Å². The van der Waals surface area contributed by atoms with Crippen LogP contribution in [0.3, 0.4) is 0 Å². The molecule has 0 spiro atoms. The van der Waals surface area contributed by atoms with Gasteiger partial charge in [0, 0.05) is 26.2 Å². The van der Waals surface area contributed by atoms with Gasteiger partial charge in [-0.2, -0.15) is 5.10 Å². The van der Waals surface area contributed by atoms with Gasteiger partial charge in [-0.15, -0.1) is 0 Å². The summed E-state index contributed by atoms with van der Waals surface area (Å²) in [6.07, 6.45) is 11.8. The maximum Gasteiger partial charge on any atom is 0.224 e. The maximum absolute atomic E-state index is 12.3. The van der Waals surface area contributed by atoms with Crippen LogP contribution in [-0.4, -0.2) is 40.7 Å². The van der Waals surface area contributed by atoms with Crippen LogP contribution < -0.4 is 5.32 Å². The van der Waals surface area contributed by atoms with Crippen molar-refractivity contribution < 1.29 is 4.79 Å². The highest BCUT2D eigenvalue weighted by molar-refractivity contribution is 5.78. The molecule has 3 rings (SSSR count). The zero-order chi connectivity index (χ0) is 16.9. The molecule has 132 valence electrons. The quantitative estimate of drug-likeness (QED) is 0.845. The summed E-state index contributed by atoms with van der Waals surface area (Å²) < 4.78 is 1.97. The first-order valence-corrected chi connectivity index (χ1v) is 9.28. The van der Waals surface area contributed by atoms with Crippen LogP contribution in [0.4, 0.5) is 0 Å². The van der Waals surface area contributed by atoms with Crippen LogP contribution >= 0.6 is 0 Å². The Labute approximate surface area is 145 Å². The molecule has 5 heteroatoms. The molecule has 5 nitrogen and oxygen atoms in total. The molecule has 1 aliphatic heterocycles. The molecule has 2 heterocycles. The van der Waals surface area contributed by atoms with E-state index in [0.717, 1.165) is 32.4 Å². The molecule has 1 aromatic rings. The monoisotopic (exact) mass is 330 g/mol. The Morgan fingerprint density at radius 3 is 2.92 bits per heavy atom. The number of piperidine rings is 1. The van der Waals surface area contributed by atoms with Crippen LogP contribution in [-0.2, 0) is 11.8 Å².